The van der Waals surface area contributed by atoms with Crippen molar-refractivity contribution in [1.82, 2.24) is 9.97 Å². The van der Waals surface area contributed by atoms with Gasteiger partial charge in [-0.3, -0.25) is 4.79 Å². The molecule has 0 aliphatic rings. The molecule has 3 rings (SSSR count). The zero-order valence-corrected chi connectivity index (χ0v) is 15.9. The van der Waals surface area contributed by atoms with Crippen LogP contribution in [0.3, 0.4) is 0 Å². The minimum Gasteiger partial charge on any atom is -0.462 e. The molecule has 0 atom stereocenters. The number of hydrogen-bond donors (Lipinski definition) is 1. The number of nitrogens with zero attached hydrogens (tertiary/aromatic N) is 2. The number of thioether (sulfide) groups is 1. The summed E-state index contributed by atoms with van der Waals surface area (Å²) in [5.74, 6) is 0.136. The quantitative estimate of drug-likeness (QED) is 0.397. The highest BCUT2D eigenvalue weighted by molar-refractivity contribution is 8.00. The molecular formula is C20H19N3O3S. The maximum atomic E-state index is 12.4. The Hall–Kier alpha value is -2.93. The number of nitrogens with one attached hydrogen (secondary N) is 1. The van der Waals surface area contributed by atoms with Crippen molar-refractivity contribution in [3.8, 4) is 0 Å². The van der Waals surface area contributed by atoms with Crippen LogP contribution in [0.25, 0.3) is 10.9 Å². The first-order valence-corrected chi connectivity index (χ1v) is 9.49. The minimum atomic E-state index is -0.460. The third-order valence-corrected chi connectivity index (χ3v) is 4.71. The van der Waals surface area contributed by atoms with Crippen LogP contribution in [0.15, 0.2) is 53.6 Å². The number of benzene rings is 2. The van der Waals surface area contributed by atoms with E-state index in [1.807, 2.05) is 31.2 Å². The van der Waals surface area contributed by atoms with Crippen molar-refractivity contribution >= 4 is 40.2 Å². The van der Waals surface area contributed by atoms with Crippen LogP contribution in [0.1, 0.15) is 23.1 Å². The highest BCUT2D eigenvalue weighted by Gasteiger charge is 2.15. The summed E-state index contributed by atoms with van der Waals surface area (Å²) in [5.41, 5.74) is 1.62. The summed E-state index contributed by atoms with van der Waals surface area (Å²) < 4.78 is 5.03. The second-order valence-corrected chi connectivity index (χ2v) is 6.66. The molecule has 1 amide bonds. The fourth-order valence-electron chi connectivity index (χ4n) is 2.57. The number of carbonyl (C=O) groups is 2. The molecule has 3 aromatic rings. The maximum Gasteiger partial charge on any atom is 0.340 e. The van der Waals surface area contributed by atoms with Gasteiger partial charge in [-0.05, 0) is 32.0 Å². The number of para-hydroxylation sites is 2. The standard InChI is InChI=1S/C20H19N3O3S/c1-3-26-20(25)15-9-5-7-11-17(15)23-18(24)12-27-19-14-8-4-6-10-16(14)21-13(2)22-19/h4-11H,3,12H2,1-2H3,(H,23,24). The summed E-state index contributed by atoms with van der Waals surface area (Å²) in [6.45, 7) is 3.84. The highest BCUT2D eigenvalue weighted by Crippen LogP contribution is 2.25. The van der Waals surface area contributed by atoms with E-state index in [-0.39, 0.29) is 18.3 Å². The van der Waals surface area contributed by atoms with Crippen molar-refractivity contribution in [3.63, 3.8) is 0 Å². The molecule has 0 spiro atoms. The predicted molar refractivity (Wildman–Crippen MR) is 106 cm³/mol. The molecule has 0 saturated heterocycles. The number of rotatable bonds is 6. The van der Waals surface area contributed by atoms with Crippen molar-refractivity contribution in [2.75, 3.05) is 17.7 Å². The molecule has 0 radical (unpaired) electrons. The van der Waals surface area contributed by atoms with Gasteiger partial charge in [-0.2, -0.15) is 0 Å². The van der Waals surface area contributed by atoms with Crippen molar-refractivity contribution < 1.29 is 14.3 Å². The van der Waals surface area contributed by atoms with E-state index in [2.05, 4.69) is 15.3 Å². The smallest absolute Gasteiger partial charge is 0.340 e. The summed E-state index contributed by atoms with van der Waals surface area (Å²) in [4.78, 5) is 33.3. The number of hydrogen-bond acceptors (Lipinski definition) is 6. The molecule has 0 fully saturated rings. The van der Waals surface area contributed by atoms with Gasteiger partial charge in [0.15, 0.2) is 0 Å². The lowest BCUT2D eigenvalue weighted by atomic mass is 10.2. The van der Waals surface area contributed by atoms with E-state index in [1.165, 1.54) is 11.8 Å². The average molecular weight is 381 g/mol. The molecule has 1 aromatic heterocycles. The maximum absolute atomic E-state index is 12.4. The first kappa shape index (κ1) is 18.8. The Kier molecular flexibility index (Phi) is 6.03. The van der Waals surface area contributed by atoms with Gasteiger partial charge in [-0.25, -0.2) is 14.8 Å². The topological polar surface area (TPSA) is 81.2 Å². The molecule has 2 aromatic carbocycles. The van der Waals surface area contributed by atoms with Gasteiger partial charge in [0.25, 0.3) is 0 Å². The normalized spacial score (nSPS) is 10.6. The number of carbonyl (C=O) groups excluding carboxylic acids is 2. The van der Waals surface area contributed by atoms with Gasteiger partial charge in [0.2, 0.25) is 5.91 Å². The van der Waals surface area contributed by atoms with Gasteiger partial charge in [0.05, 0.1) is 29.1 Å². The Labute approximate surface area is 161 Å². The van der Waals surface area contributed by atoms with E-state index >= 15 is 0 Å². The molecule has 27 heavy (non-hydrogen) atoms. The van der Waals surface area contributed by atoms with E-state index in [0.29, 0.717) is 17.1 Å². The van der Waals surface area contributed by atoms with Crippen LogP contribution in [0.2, 0.25) is 0 Å². The number of fused-ring (bicyclic) bond motifs is 1. The lowest BCUT2D eigenvalue weighted by Gasteiger charge is -2.10. The average Bonchev–Trinajstić information content (AvgIpc) is 2.66. The number of aryl methyl sites for hydroxylation is 1. The van der Waals surface area contributed by atoms with E-state index in [1.54, 1.807) is 31.2 Å². The summed E-state index contributed by atoms with van der Waals surface area (Å²) in [6, 6.07) is 14.5. The second-order valence-electron chi connectivity index (χ2n) is 5.70. The Bertz CT molecular complexity index is 991. The van der Waals surface area contributed by atoms with Gasteiger partial charge in [0.1, 0.15) is 10.9 Å². The number of aromatic nitrogens is 2. The largest absolute Gasteiger partial charge is 0.462 e. The van der Waals surface area contributed by atoms with Crippen LogP contribution in [0.5, 0.6) is 0 Å². The summed E-state index contributed by atoms with van der Waals surface area (Å²) in [6.07, 6.45) is 0. The molecule has 6 nitrogen and oxygen atoms in total. The second kappa shape index (κ2) is 8.64. The lowest BCUT2D eigenvalue weighted by Crippen LogP contribution is -2.17. The summed E-state index contributed by atoms with van der Waals surface area (Å²) in [5, 5.41) is 4.45. The lowest BCUT2D eigenvalue weighted by molar-refractivity contribution is -0.113. The number of anilines is 1. The van der Waals surface area contributed by atoms with Gasteiger partial charge in [-0.1, -0.05) is 42.1 Å². The highest BCUT2D eigenvalue weighted by atomic mass is 32.2. The number of esters is 1. The van der Waals surface area contributed by atoms with E-state index in [9.17, 15) is 9.59 Å². The first-order chi connectivity index (χ1) is 13.1. The Morgan fingerprint density at radius 2 is 1.81 bits per heavy atom. The van der Waals surface area contributed by atoms with Crippen molar-refractivity contribution in [2.45, 2.75) is 18.9 Å². The number of ether oxygens (including phenoxy) is 1. The minimum absolute atomic E-state index is 0.164. The molecule has 0 saturated carbocycles. The zero-order valence-electron chi connectivity index (χ0n) is 15.1. The van der Waals surface area contributed by atoms with Gasteiger partial charge in [0, 0.05) is 5.39 Å². The van der Waals surface area contributed by atoms with Crippen LogP contribution in [0.4, 0.5) is 5.69 Å². The molecule has 0 aliphatic heterocycles. The molecular weight excluding hydrogens is 362 g/mol. The fraction of sp³-hybridized carbons (Fsp3) is 0.200. The van der Waals surface area contributed by atoms with Crippen molar-refractivity contribution in [3.05, 3.63) is 59.9 Å². The first-order valence-electron chi connectivity index (χ1n) is 8.50. The van der Waals surface area contributed by atoms with Crippen molar-refractivity contribution in [1.29, 1.82) is 0 Å². The van der Waals surface area contributed by atoms with Gasteiger partial charge < -0.3 is 10.1 Å². The van der Waals surface area contributed by atoms with Crippen molar-refractivity contribution in [2.24, 2.45) is 0 Å². The Morgan fingerprint density at radius 1 is 1.07 bits per heavy atom. The zero-order chi connectivity index (χ0) is 19.2. The fourth-order valence-corrected chi connectivity index (χ4v) is 3.43. The third kappa shape index (κ3) is 4.62. The summed E-state index contributed by atoms with van der Waals surface area (Å²) in [7, 11) is 0. The van der Waals surface area contributed by atoms with E-state index in [4.69, 9.17) is 4.74 Å². The molecule has 0 aliphatic carbocycles. The molecule has 138 valence electrons. The molecule has 0 bridgehead atoms. The number of amides is 1. The van der Waals surface area contributed by atoms with Crippen LogP contribution in [-0.4, -0.2) is 34.2 Å². The molecule has 7 heteroatoms. The van der Waals surface area contributed by atoms with Crippen LogP contribution in [-0.2, 0) is 9.53 Å². The van der Waals surface area contributed by atoms with Crippen LogP contribution >= 0.6 is 11.8 Å². The molecule has 1 heterocycles. The monoisotopic (exact) mass is 381 g/mol. The van der Waals surface area contributed by atoms with Crippen LogP contribution in [0, 0.1) is 6.92 Å². The SMILES string of the molecule is CCOC(=O)c1ccccc1NC(=O)CSc1nc(C)nc2ccccc12. The molecule has 1 N–H and O–H groups in total. The van der Waals surface area contributed by atoms with Gasteiger partial charge >= 0.3 is 5.97 Å². The third-order valence-electron chi connectivity index (χ3n) is 3.72. The van der Waals surface area contributed by atoms with E-state index < -0.39 is 5.97 Å². The summed E-state index contributed by atoms with van der Waals surface area (Å²) >= 11 is 1.34. The Balaban J connectivity index is 1.72. The van der Waals surface area contributed by atoms with Gasteiger partial charge in [-0.15, -0.1) is 0 Å². The van der Waals surface area contributed by atoms with Crippen LogP contribution < -0.4 is 5.32 Å². The molecule has 0 unspecified atom stereocenters. The Morgan fingerprint density at radius 3 is 2.63 bits per heavy atom. The van der Waals surface area contributed by atoms with E-state index in [0.717, 1.165) is 15.9 Å². The predicted octanol–water partition coefficient (Wildman–Crippen LogP) is 3.85.